The summed E-state index contributed by atoms with van der Waals surface area (Å²) in [6.07, 6.45) is 0. The Kier molecular flexibility index (Phi) is 2.13. The summed E-state index contributed by atoms with van der Waals surface area (Å²) in [5.41, 5.74) is 0.996. The van der Waals surface area contributed by atoms with Crippen LogP contribution in [0.15, 0.2) is 29.3 Å². The van der Waals surface area contributed by atoms with Gasteiger partial charge in [0.15, 0.2) is 0 Å². The van der Waals surface area contributed by atoms with Gasteiger partial charge in [-0.25, -0.2) is 4.39 Å². The molecule has 0 aromatic heterocycles. The van der Waals surface area contributed by atoms with Crippen LogP contribution in [0, 0.1) is 12.4 Å². The van der Waals surface area contributed by atoms with E-state index in [0.717, 1.165) is 16.4 Å². The number of rotatable bonds is 1. The summed E-state index contributed by atoms with van der Waals surface area (Å²) in [4.78, 5) is 4.17. The zero-order valence-electron chi connectivity index (χ0n) is 6.33. The van der Waals surface area contributed by atoms with Gasteiger partial charge in [0.25, 0.3) is 0 Å². The SMILES string of the molecule is Fc1ccc(C2=N[CH]CS2)cc1. The van der Waals surface area contributed by atoms with E-state index < -0.39 is 0 Å². The molecule has 0 bridgehead atoms. The van der Waals surface area contributed by atoms with Crippen molar-refractivity contribution in [3.63, 3.8) is 0 Å². The van der Waals surface area contributed by atoms with Crippen LogP contribution in [0.2, 0.25) is 0 Å². The lowest BCUT2D eigenvalue weighted by Crippen LogP contribution is -1.90. The van der Waals surface area contributed by atoms with E-state index in [0.29, 0.717) is 0 Å². The Morgan fingerprint density at radius 3 is 2.58 bits per heavy atom. The highest BCUT2D eigenvalue weighted by molar-refractivity contribution is 8.14. The molecule has 0 atom stereocenters. The lowest BCUT2D eigenvalue weighted by atomic mass is 10.2. The van der Waals surface area contributed by atoms with Crippen LogP contribution in [0.3, 0.4) is 0 Å². The molecule has 61 valence electrons. The minimum atomic E-state index is -0.202. The van der Waals surface area contributed by atoms with Crippen LogP contribution >= 0.6 is 11.8 Å². The van der Waals surface area contributed by atoms with Gasteiger partial charge in [0.1, 0.15) is 5.82 Å². The number of nitrogens with zero attached hydrogens (tertiary/aromatic N) is 1. The third kappa shape index (κ3) is 1.50. The van der Waals surface area contributed by atoms with Crippen molar-refractivity contribution >= 4 is 16.8 Å². The van der Waals surface area contributed by atoms with Gasteiger partial charge in [0.2, 0.25) is 0 Å². The molecular formula is C9H7FNS. The standard InChI is InChI=1S/C9H7FNS/c10-8-3-1-7(2-4-8)9-11-5-6-12-9/h1-5H,6H2. The van der Waals surface area contributed by atoms with E-state index in [2.05, 4.69) is 4.99 Å². The summed E-state index contributed by atoms with van der Waals surface area (Å²) in [5, 5.41) is 0.981. The van der Waals surface area contributed by atoms with E-state index in [4.69, 9.17) is 0 Å². The van der Waals surface area contributed by atoms with Gasteiger partial charge in [0, 0.05) is 11.3 Å². The van der Waals surface area contributed by atoms with Gasteiger partial charge in [-0.1, -0.05) is 0 Å². The smallest absolute Gasteiger partial charge is 0.123 e. The normalized spacial score (nSPS) is 16.2. The van der Waals surface area contributed by atoms with Crippen molar-refractivity contribution in [2.24, 2.45) is 4.99 Å². The monoisotopic (exact) mass is 180 g/mol. The van der Waals surface area contributed by atoms with Crippen LogP contribution in [0.1, 0.15) is 5.56 Å². The van der Waals surface area contributed by atoms with Crippen LogP contribution < -0.4 is 0 Å². The maximum Gasteiger partial charge on any atom is 0.123 e. The first-order chi connectivity index (χ1) is 5.86. The van der Waals surface area contributed by atoms with Gasteiger partial charge in [-0.05, 0) is 24.3 Å². The Morgan fingerprint density at radius 1 is 1.25 bits per heavy atom. The molecule has 3 heteroatoms. The number of benzene rings is 1. The van der Waals surface area contributed by atoms with Crippen LogP contribution in [-0.4, -0.2) is 10.8 Å². The minimum Gasteiger partial charge on any atom is -0.271 e. The van der Waals surface area contributed by atoms with E-state index in [1.165, 1.54) is 12.1 Å². The van der Waals surface area contributed by atoms with E-state index in [9.17, 15) is 4.39 Å². The number of thioether (sulfide) groups is 1. The molecule has 0 saturated heterocycles. The van der Waals surface area contributed by atoms with Gasteiger partial charge >= 0.3 is 0 Å². The third-order valence-electron chi connectivity index (χ3n) is 1.59. The molecule has 2 rings (SSSR count). The first-order valence-corrected chi connectivity index (χ1v) is 4.63. The minimum absolute atomic E-state index is 0.202. The maximum absolute atomic E-state index is 12.5. The molecule has 0 fully saturated rings. The molecule has 1 aliphatic heterocycles. The topological polar surface area (TPSA) is 12.4 Å². The summed E-state index contributed by atoms with van der Waals surface area (Å²) in [5.74, 6) is 0.721. The average Bonchev–Trinajstić information content (AvgIpc) is 2.58. The number of aliphatic imine (C=N–C) groups is 1. The zero-order chi connectivity index (χ0) is 8.39. The highest BCUT2D eigenvalue weighted by Gasteiger charge is 2.09. The van der Waals surface area contributed by atoms with Crippen molar-refractivity contribution in [2.75, 3.05) is 5.75 Å². The highest BCUT2D eigenvalue weighted by atomic mass is 32.2. The average molecular weight is 180 g/mol. The van der Waals surface area contributed by atoms with Crippen molar-refractivity contribution in [3.05, 3.63) is 42.2 Å². The van der Waals surface area contributed by atoms with Crippen molar-refractivity contribution in [1.29, 1.82) is 0 Å². The van der Waals surface area contributed by atoms with Crippen molar-refractivity contribution < 1.29 is 4.39 Å². The van der Waals surface area contributed by atoms with Crippen LogP contribution in [0.5, 0.6) is 0 Å². The molecular weight excluding hydrogens is 173 g/mol. The Hall–Kier alpha value is -0.830. The molecule has 0 N–H and O–H groups in total. The van der Waals surface area contributed by atoms with Crippen LogP contribution in [0.4, 0.5) is 4.39 Å². The van der Waals surface area contributed by atoms with Gasteiger partial charge in [-0.15, -0.1) is 11.8 Å². The summed E-state index contributed by atoms with van der Waals surface area (Å²) < 4.78 is 12.5. The van der Waals surface area contributed by atoms with Gasteiger partial charge < -0.3 is 0 Å². The van der Waals surface area contributed by atoms with Crippen LogP contribution in [-0.2, 0) is 0 Å². The second-order valence-electron chi connectivity index (χ2n) is 2.43. The molecule has 12 heavy (non-hydrogen) atoms. The Labute approximate surface area is 74.7 Å². The second kappa shape index (κ2) is 3.27. The first-order valence-electron chi connectivity index (χ1n) is 3.64. The molecule has 1 aliphatic rings. The molecule has 0 spiro atoms. The Balaban J connectivity index is 2.28. The van der Waals surface area contributed by atoms with Crippen molar-refractivity contribution in [1.82, 2.24) is 0 Å². The van der Waals surface area contributed by atoms with Gasteiger partial charge in [-0.3, -0.25) is 4.99 Å². The molecule has 1 nitrogen and oxygen atoms in total. The van der Waals surface area contributed by atoms with E-state index in [1.807, 2.05) is 6.54 Å². The lowest BCUT2D eigenvalue weighted by Gasteiger charge is -1.97. The zero-order valence-corrected chi connectivity index (χ0v) is 7.14. The third-order valence-corrected chi connectivity index (χ3v) is 2.52. The fraction of sp³-hybridized carbons (Fsp3) is 0.111. The predicted molar refractivity (Wildman–Crippen MR) is 49.7 cm³/mol. The summed E-state index contributed by atoms with van der Waals surface area (Å²) in [6.45, 7) is 1.86. The van der Waals surface area contributed by atoms with Crippen molar-refractivity contribution in [3.8, 4) is 0 Å². The molecule has 0 aliphatic carbocycles. The van der Waals surface area contributed by atoms with Gasteiger partial charge in [-0.2, -0.15) is 0 Å². The Bertz CT molecular complexity index is 305. The fourth-order valence-corrected chi connectivity index (χ4v) is 1.78. The molecule has 1 radical (unpaired) electrons. The van der Waals surface area contributed by atoms with E-state index in [1.54, 1.807) is 23.9 Å². The largest absolute Gasteiger partial charge is 0.271 e. The maximum atomic E-state index is 12.5. The van der Waals surface area contributed by atoms with Crippen LogP contribution in [0.25, 0.3) is 0 Å². The number of halogens is 1. The number of hydrogen-bond acceptors (Lipinski definition) is 2. The highest BCUT2D eigenvalue weighted by Crippen LogP contribution is 2.20. The Morgan fingerprint density at radius 2 is 2.00 bits per heavy atom. The van der Waals surface area contributed by atoms with Gasteiger partial charge in [0.05, 0.1) is 11.6 Å². The first kappa shape index (κ1) is 7.80. The molecule has 1 heterocycles. The van der Waals surface area contributed by atoms with E-state index >= 15 is 0 Å². The summed E-state index contributed by atoms with van der Waals surface area (Å²) >= 11 is 1.67. The molecule has 0 unspecified atom stereocenters. The second-order valence-corrected chi connectivity index (χ2v) is 3.44. The van der Waals surface area contributed by atoms with Crippen molar-refractivity contribution in [2.45, 2.75) is 0 Å². The lowest BCUT2D eigenvalue weighted by molar-refractivity contribution is 0.628. The quantitative estimate of drug-likeness (QED) is 0.646. The number of hydrogen-bond donors (Lipinski definition) is 0. The molecule has 1 aromatic rings. The van der Waals surface area contributed by atoms with E-state index in [-0.39, 0.29) is 5.82 Å². The summed E-state index contributed by atoms with van der Waals surface area (Å²) in [7, 11) is 0. The summed E-state index contributed by atoms with van der Waals surface area (Å²) in [6, 6.07) is 6.41. The molecule has 0 saturated carbocycles. The molecule has 1 aromatic carbocycles. The molecule has 0 amide bonds. The predicted octanol–water partition coefficient (Wildman–Crippen LogP) is 2.48. The fourth-order valence-electron chi connectivity index (χ4n) is 1.02.